The summed E-state index contributed by atoms with van der Waals surface area (Å²) in [6.07, 6.45) is 10.3. The first-order valence-electron chi connectivity index (χ1n) is 11.7. The van der Waals surface area contributed by atoms with Crippen LogP contribution in [0.2, 0.25) is 0 Å². The van der Waals surface area contributed by atoms with Crippen molar-refractivity contribution in [2.24, 2.45) is 17.3 Å². The predicted molar refractivity (Wildman–Crippen MR) is 127 cm³/mol. The number of ether oxygens (including phenoxy) is 1. The zero-order chi connectivity index (χ0) is 24.1. The molecule has 2 rings (SSSR count). The summed E-state index contributed by atoms with van der Waals surface area (Å²) in [5.41, 5.74) is 3.27. The highest BCUT2D eigenvalue weighted by molar-refractivity contribution is 6.02. The first kappa shape index (κ1) is 26.1. The third kappa shape index (κ3) is 6.22. The fraction of sp³-hybridized carbons (Fsp3) is 0.630. The SMILES string of the molecule is CC(=O)OC[C@@H](C)C1=C(O)C(=O)[C@@]2(C)C/C=C(/C)CC/C=C(/C)CC[C@@H](O)/C(C)=C\C[C@H]12. The molecule has 0 amide bonds. The average Bonchev–Trinajstić information content (AvgIpc) is 2.92. The second kappa shape index (κ2) is 11.1. The molecule has 0 saturated carbocycles. The second-order valence-electron chi connectivity index (χ2n) is 9.89. The molecule has 0 saturated heterocycles. The van der Waals surface area contributed by atoms with Gasteiger partial charge in [-0.15, -0.1) is 0 Å². The highest BCUT2D eigenvalue weighted by Gasteiger charge is 2.51. The minimum absolute atomic E-state index is 0.125. The number of aliphatic hydroxyl groups excluding tert-OH is 2. The monoisotopic (exact) mass is 444 g/mol. The van der Waals surface area contributed by atoms with Gasteiger partial charge in [-0.2, -0.15) is 0 Å². The molecule has 0 aromatic rings. The van der Waals surface area contributed by atoms with Crippen LogP contribution in [-0.2, 0) is 14.3 Å². The Balaban J connectivity index is 2.45. The molecular formula is C27H40O5. The Bertz CT molecular complexity index is 844. The quantitative estimate of drug-likeness (QED) is 0.427. The van der Waals surface area contributed by atoms with E-state index in [1.807, 2.05) is 26.8 Å². The average molecular weight is 445 g/mol. The van der Waals surface area contributed by atoms with Gasteiger partial charge in [0, 0.05) is 24.2 Å². The molecule has 0 radical (unpaired) electrons. The van der Waals surface area contributed by atoms with E-state index in [4.69, 9.17) is 4.74 Å². The zero-order valence-corrected chi connectivity index (χ0v) is 20.5. The number of hydrogen-bond acceptors (Lipinski definition) is 5. The molecular weight excluding hydrogens is 404 g/mol. The number of allylic oxidation sites excluding steroid dienone is 6. The van der Waals surface area contributed by atoms with E-state index in [9.17, 15) is 19.8 Å². The number of aliphatic hydroxyl groups is 2. The van der Waals surface area contributed by atoms with E-state index in [1.165, 1.54) is 18.1 Å². The molecule has 0 unspecified atom stereocenters. The summed E-state index contributed by atoms with van der Waals surface area (Å²) in [6.45, 7) is 11.4. The lowest BCUT2D eigenvalue weighted by Gasteiger charge is -2.32. The highest BCUT2D eigenvalue weighted by Crippen LogP contribution is 2.50. The number of fused-ring (bicyclic) bond motifs is 1. The molecule has 178 valence electrons. The maximum Gasteiger partial charge on any atom is 0.302 e. The fourth-order valence-corrected chi connectivity index (χ4v) is 4.77. The summed E-state index contributed by atoms with van der Waals surface area (Å²) < 4.78 is 5.19. The Morgan fingerprint density at radius 2 is 1.84 bits per heavy atom. The van der Waals surface area contributed by atoms with E-state index in [0.29, 0.717) is 24.8 Å². The van der Waals surface area contributed by atoms with Gasteiger partial charge in [0.15, 0.2) is 5.76 Å². The van der Waals surface area contributed by atoms with Gasteiger partial charge < -0.3 is 14.9 Å². The van der Waals surface area contributed by atoms with Crippen LogP contribution in [0, 0.1) is 17.3 Å². The van der Waals surface area contributed by atoms with Crippen LogP contribution in [0.25, 0.3) is 0 Å². The van der Waals surface area contributed by atoms with Crippen molar-refractivity contribution in [1.82, 2.24) is 0 Å². The first-order chi connectivity index (χ1) is 15.0. The summed E-state index contributed by atoms with van der Waals surface area (Å²) in [5, 5.41) is 21.5. The van der Waals surface area contributed by atoms with Gasteiger partial charge in [-0.25, -0.2) is 0 Å². The van der Waals surface area contributed by atoms with Crippen LogP contribution in [0.1, 0.15) is 80.1 Å². The minimum atomic E-state index is -0.779. The molecule has 2 N–H and O–H groups in total. The maximum absolute atomic E-state index is 13.3. The Kier molecular flexibility index (Phi) is 9.08. The molecule has 0 spiro atoms. The minimum Gasteiger partial charge on any atom is -0.504 e. The molecule has 5 nitrogen and oxygen atoms in total. The molecule has 0 aliphatic heterocycles. The standard InChI is InChI=1S/C27H40O5/c1-17-8-7-9-18(2)14-15-27(6)22(12-11-19(3)23(29)13-10-17)24(25(30)26(27)31)20(4)16-32-21(5)28/h8,11,14,20,22-23,29-30H,7,9-10,12-13,15-16H2,1-6H3/b17-8-,18-14-,19-11-/t20-,22-,23-,27+/m1/s1. The number of ketones is 1. The van der Waals surface area contributed by atoms with Crippen LogP contribution in [0.15, 0.2) is 46.3 Å². The van der Waals surface area contributed by atoms with E-state index >= 15 is 0 Å². The summed E-state index contributed by atoms with van der Waals surface area (Å²) in [4.78, 5) is 24.6. The number of carbonyl (C=O) groups is 2. The lowest BCUT2D eigenvalue weighted by atomic mass is 9.70. The van der Waals surface area contributed by atoms with Crippen molar-refractivity contribution in [3.05, 3.63) is 46.3 Å². The Morgan fingerprint density at radius 1 is 1.19 bits per heavy atom. The van der Waals surface area contributed by atoms with Crippen LogP contribution in [0.5, 0.6) is 0 Å². The molecule has 5 heteroatoms. The van der Waals surface area contributed by atoms with Gasteiger partial charge in [-0.3, -0.25) is 9.59 Å². The third-order valence-corrected chi connectivity index (χ3v) is 7.14. The smallest absolute Gasteiger partial charge is 0.302 e. The van der Waals surface area contributed by atoms with Gasteiger partial charge in [-0.05, 0) is 70.4 Å². The van der Waals surface area contributed by atoms with E-state index in [2.05, 4.69) is 26.0 Å². The molecule has 2 aliphatic carbocycles. The number of carbonyl (C=O) groups excluding carboxylic acids is 2. The van der Waals surface area contributed by atoms with Crippen molar-refractivity contribution in [1.29, 1.82) is 0 Å². The predicted octanol–water partition coefficient (Wildman–Crippen LogP) is 5.76. The maximum atomic E-state index is 13.3. The molecule has 2 aliphatic rings. The number of esters is 1. The van der Waals surface area contributed by atoms with E-state index in [0.717, 1.165) is 24.8 Å². The van der Waals surface area contributed by atoms with Crippen LogP contribution in [-0.4, -0.2) is 34.7 Å². The number of rotatable bonds is 3. The van der Waals surface area contributed by atoms with Gasteiger partial charge in [0.05, 0.1) is 12.7 Å². The van der Waals surface area contributed by atoms with Crippen LogP contribution in [0.4, 0.5) is 0 Å². The van der Waals surface area contributed by atoms with Crippen LogP contribution in [0.3, 0.4) is 0 Å². The molecule has 0 fully saturated rings. The van der Waals surface area contributed by atoms with E-state index < -0.39 is 11.5 Å². The Morgan fingerprint density at radius 3 is 2.50 bits per heavy atom. The van der Waals surface area contributed by atoms with Crippen molar-refractivity contribution >= 4 is 11.8 Å². The largest absolute Gasteiger partial charge is 0.504 e. The van der Waals surface area contributed by atoms with Gasteiger partial charge in [-0.1, -0.05) is 43.2 Å². The Labute approximate surface area is 192 Å². The van der Waals surface area contributed by atoms with Crippen LogP contribution >= 0.6 is 0 Å². The number of Topliss-reactive ketones (excluding diaryl/α,β-unsaturated/α-hetero) is 1. The molecule has 0 heterocycles. The summed E-state index contributed by atoms with van der Waals surface area (Å²) >= 11 is 0. The lowest BCUT2D eigenvalue weighted by molar-refractivity contribution is -0.141. The molecule has 32 heavy (non-hydrogen) atoms. The normalized spacial score (nSPS) is 34.1. The van der Waals surface area contributed by atoms with E-state index in [1.54, 1.807) is 0 Å². The topological polar surface area (TPSA) is 83.8 Å². The first-order valence-corrected chi connectivity index (χ1v) is 11.7. The molecule has 0 aromatic heterocycles. The zero-order valence-electron chi connectivity index (χ0n) is 20.5. The fourth-order valence-electron chi connectivity index (χ4n) is 4.77. The summed E-state index contributed by atoms with van der Waals surface area (Å²) in [6, 6.07) is 0. The van der Waals surface area contributed by atoms with E-state index in [-0.39, 0.29) is 36.0 Å². The van der Waals surface area contributed by atoms with Gasteiger partial charge in [0.2, 0.25) is 5.78 Å². The molecule has 4 atom stereocenters. The van der Waals surface area contributed by atoms with Crippen molar-refractivity contribution in [2.45, 2.75) is 86.2 Å². The van der Waals surface area contributed by atoms with Gasteiger partial charge in [0.25, 0.3) is 0 Å². The lowest BCUT2D eigenvalue weighted by Crippen LogP contribution is -2.32. The summed E-state index contributed by atoms with van der Waals surface area (Å²) in [5.74, 6) is -1.31. The van der Waals surface area contributed by atoms with Crippen molar-refractivity contribution < 1.29 is 24.5 Å². The van der Waals surface area contributed by atoms with Crippen LogP contribution < -0.4 is 0 Å². The third-order valence-electron chi connectivity index (χ3n) is 7.14. The van der Waals surface area contributed by atoms with Gasteiger partial charge >= 0.3 is 5.97 Å². The Hall–Kier alpha value is -2.14. The molecule has 0 bridgehead atoms. The summed E-state index contributed by atoms with van der Waals surface area (Å²) in [7, 11) is 0. The van der Waals surface area contributed by atoms with Crippen molar-refractivity contribution in [3.8, 4) is 0 Å². The number of hydrogen-bond donors (Lipinski definition) is 2. The highest BCUT2D eigenvalue weighted by atomic mass is 16.5. The van der Waals surface area contributed by atoms with Gasteiger partial charge in [0.1, 0.15) is 0 Å². The van der Waals surface area contributed by atoms with Crippen molar-refractivity contribution in [2.75, 3.05) is 6.61 Å². The van der Waals surface area contributed by atoms with Crippen molar-refractivity contribution in [3.63, 3.8) is 0 Å². The molecule has 0 aromatic carbocycles. The second-order valence-corrected chi connectivity index (χ2v) is 9.89.